The number of hydrogen-bond donors (Lipinski definition) is 1. The van der Waals surface area contributed by atoms with E-state index in [4.69, 9.17) is 5.11 Å². The summed E-state index contributed by atoms with van der Waals surface area (Å²) < 4.78 is 0. The van der Waals surface area contributed by atoms with Gasteiger partial charge < -0.3 is 0 Å². The molecular weight excluding hydrogens is 219 g/mol. The zero-order valence-electron chi connectivity index (χ0n) is 7.45. The Morgan fingerprint density at radius 2 is 2.42 bits per heavy atom. The second-order valence-electron chi connectivity index (χ2n) is 3.26. The number of carboxylic acids is 1. The maximum atomic E-state index is 10.8. The Morgan fingerprint density at radius 1 is 1.67 bits per heavy atom. The van der Waals surface area contributed by atoms with Crippen LogP contribution in [-0.2, 0) is 4.79 Å². The van der Waals surface area contributed by atoms with Crippen LogP contribution in [0, 0.1) is 5.92 Å². The SMILES string of the molecule is CCC(C(=O)O)C1CCCC[Se]1. The monoisotopic (exact) mass is 236 g/mol. The van der Waals surface area contributed by atoms with Crippen LogP contribution >= 0.6 is 0 Å². The molecule has 2 atom stereocenters. The van der Waals surface area contributed by atoms with Crippen molar-refractivity contribution in [3.8, 4) is 0 Å². The average molecular weight is 235 g/mol. The molecule has 2 nitrogen and oxygen atoms in total. The van der Waals surface area contributed by atoms with E-state index >= 15 is 0 Å². The number of aliphatic carboxylic acids is 1. The topological polar surface area (TPSA) is 37.3 Å². The average Bonchev–Trinajstić information content (AvgIpc) is 2.07. The molecule has 0 aromatic heterocycles. The van der Waals surface area contributed by atoms with E-state index in [1.807, 2.05) is 6.92 Å². The van der Waals surface area contributed by atoms with E-state index in [1.165, 1.54) is 18.2 Å². The maximum absolute atomic E-state index is 10.8. The van der Waals surface area contributed by atoms with E-state index < -0.39 is 5.97 Å². The minimum atomic E-state index is -0.578. The van der Waals surface area contributed by atoms with Gasteiger partial charge in [0.2, 0.25) is 0 Å². The van der Waals surface area contributed by atoms with Crippen molar-refractivity contribution >= 4 is 20.9 Å². The molecule has 70 valence electrons. The Morgan fingerprint density at radius 3 is 2.83 bits per heavy atom. The molecule has 1 rings (SSSR count). The van der Waals surface area contributed by atoms with E-state index in [2.05, 4.69) is 0 Å². The van der Waals surface area contributed by atoms with Crippen molar-refractivity contribution in [1.82, 2.24) is 0 Å². The van der Waals surface area contributed by atoms with Gasteiger partial charge in [0.1, 0.15) is 0 Å². The van der Waals surface area contributed by atoms with Crippen LogP contribution in [-0.4, -0.2) is 26.0 Å². The van der Waals surface area contributed by atoms with Crippen molar-refractivity contribution in [3.05, 3.63) is 0 Å². The molecule has 1 heterocycles. The summed E-state index contributed by atoms with van der Waals surface area (Å²) in [7, 11) is 0. The summed E-state index contributed by atoms with van der Waals surface area (Å²) in [6, 6.07) is 0. The van der Waals surface area contributed by atoms with Gasteiger partial charge in [-0.05, 0) is 0 Å². The van der Waals surface area contributed by atoms with E-state index in [0.29, 0.717) is 19.8 Å². The summed E-state index contributed by atoms with van der Waals surface area (Å²) in [6.07, 6.45) is 4.54. The molecule has 0 amide bonds. The summed E-state index contributed by atoms with van der Waals surface area (Å²) in [5, 5.41) is 10.2. The van der Waals surface area contributed by atoms with Crippen molar-refractivity contribution in [3.63, 3.8) is 0 Å². The first kappa shape index (κ1) is 10.1. The van der Waals surface area contributed by atoms with Gasteiger partial charge in [0, 0.05) is 0 Å². The van der Waals surface area contributed by atoms with Crippen molar-refractivity contribution < 1.29 is 9.90 Å². The number of carbonyl (C=O) groups is 1. The molecule has 3 heteroatoms. The Balaban J connectivity index is 2.46. The van der Waals surface area contributed by atoms with E-state index in [0.717, 1.165) is 12.8 Å². The first-order valence-electron chi connectivity index (χ1n) is 4.60. The standard InChI is InChI=1S/C9H16O2Se/c1-2-7(9(10)11)8-5-3-4-6-12-8/h7-8H,2-6H2,1H3,(H,10,11). The molecule has 0 saturated carbocycles. The fourth-order valence-corrected chi connectivity index (χ4v) is 4.93. The van der Waals surface area contributed by atoms with Crippen LogP contribution in [0.3, 0.4) is 0 Å². The van der Waals surface area contributed by atoms with Crippen LogP contribution in [0.25, 0.3) is 0 Å². The predicted molar refractivity (Wildman–Crippen MR) is 49.6 cm³/mol. The summed E-state index contributed by atoms with van der Waals surface area (Å²) >= 11 is 0.595. The molecule has 12 heavy (non-hydrogen) atoms. The van der Waals surface area contributed by atoms with Crippen molar-refractivity contribution in [2.45, 2.75) is 42.7 Å². The van der Waals surface area contributed by atoms with Gasteiger partial charge in [-0.2, -0.15) is 0 Å². The van der Waals surface area contributed by atoms with Gasteiger partial charge in [0.25, 0.3) is 0 Å². The van der Waals surface area contributed by atoms with E-state index in [-0.39, 0.29) is 5.92 Å². The van der Waals surface area contributed by atoms with Crippen LogP contribution in [0.2, 0.25) is 10.1 Å². The van der Waals surface area contributed by atoms with Crippen LogP contribution in [0.1, 0.15) is 32.6 Å². The van der Waals surface area contributed by atoms with Crippen molar-refractivity contribution in [2.24, 2.45) is 5.92 Å². The van der Waals surface area contributed by atoms with Gasteiger partial charge in [0.05, 0.1) is 0 Å². The summed E-state index contributed by atoms with van der Waals surface area (Å²) in [5.74, 6) is -0.628. The van der Waals surface area contributed by atoms with Crippen LogP contribution in [0.5, 0.6) is 0 Å². The fraction of sp³-hybridized carbons (Fsp3) is 0.889. The van der Waals surface area contributed by atoms with Gasteiger partial charge in [-0.1, -0.05) is 0 Å². The quantitative estimate of drug-likeness (QED) is 0.761. The van der Waals surface area contributed by atoms with Gasteiger partial charge in [0.15, 0.2) is 0 Å². The number of hydrogen-bond acceptors (Lipinski definition) is 1. The Kier molecular flexibility index (Phi) is 4.10. The second kappa shape index (κ2) is 4.88. The second-order valence-corrected chi connectivity index (χ2v) is 6.08. The third-order valence-corrected chi connectivity index (χ3v) is 5.60. The Labute approximate surface area is 79.9 Å². The summed E-state index contributed by atoms with van der Waals surface area (Å²) in [5.41, 5.74) is 0. The molecule has 0 bridgehead atoms. The molecule has 1 aliphatic rings. The Hall–Kier alpha value is -0.0105. The predicted octanol–water partition coefficient (Wildman–Crippen LogP) is 2.19. The normalized spacial score (nSPS) is 26.6. The van der Waals surface area contributed by atoms with Crippen molar-refractivity contribution in [2.75, 3.05) is 0 Å². The molecule has 1 saturated heterocycles. The van der Waals surface area contributed by atoms with Crippen LogP contribution in [0.15, 0.2) is 0 Å². The van der Waals surface area contributed by atoms with Gasteiger partial charge in [-0.25, -0.2) is 0 Å². The molecule has 0 aromatic rings. The third kappa shape index (κ3) is 2.49. The van der Waals surface area contributed by atoms with E-state index in [9.17, 15) is 4.79 Å². The number of carboxylic acid groups (broad SMARTS) is 1. The molecule has 0 aromatic carbocycles. The molecule has 1 fully saturated rings. The van der Waals surface area contributed by atoms with Gasteiger partial charge >= 0.3 is 79.5 Å². The first-order chi connectivity index (χ1) is 5.75. The third-order valence-electron chi connectivity index (χ3n) is 2.42. The molecule has 0 radical (unpaired) electrons. The fourth-order valence-electron chi connectivity index (χ4n) is 1.68. The summed E-state index contributed by atoms with van der Waals surface area (Å²) in [4.78, 5) is 11.4. The zero-order chi connectivity index (χ0) is 8.97. The molecule has 1 N–H and O–H groups in total. The van der Waals surface area contributed by atoms with Gasteiger partial charge in [-0.15, -0.1) is 0 Å². The molecule has 2 unspecified atom stereocenters. The molecule has 0 spiro atoms. The Bertz CT molecular complexity index is 153. The van der Waals surface area contributed by atoms with Crippen LogP contribution < -0.4 is 0 Å². The van der Waals surface area contributed by atoms with E-state index in [1.54, 1.807) is 0 Å². The van der Waals surface area contributed by atoms with Crippen molar-refractivity contribution in [1.29, 1.82) is 0 Å². The zero-order valence-corrected chi connectivity index (χ0v) is 9.17. The molecule has 0 aliphatic carbocycles. The molecular formula is C9H16O2Se. The molecule has 1 aliphatic heterocycles. The van der Waals surface area contributed by atoms with Gasteiger partial charge in [-0.3, -0.25) is 0 Å². The number of rotatable bonds is 3. The minimum absolute atomic E-state index is 0.0506. The first-order valence-corrected chi connectivity index (χ1v) is 6.80. The van der Waals surface area contributed by atoms with Crippen LogP contribution in [0.4, 0.5) is 0 Å². The summed E-state index contributed by atoms with van der Waals surface area (Å²) in [6.45, 7) is 1.99.